The molecule has 2 N–H and O–H groups in total. The molecule has 10 heteroatoms. The Morgan fingerprint density at radius 3 is 2.80 bits per heavy atom. The predicted octanol–water partition coefficient (Wildman–Crippen LogP) is 3.37. The number of carbonyl (C=O) groups excluding carboxylic acids is 2. The smallest absolute Gasteiger partial charge is 0.271 e. The Balaban J connectivity index is 1.43. The van der Waals surface area contributed by atoms with Crippen molar-refractivity contribution >= 4 is 35.0 Å². The number of pyridine rings is 1. The van der Waals surface area contributed by atoms with Crippen LogP contribution in [-0.2, 0) is 6.42 Å². The van der Waals surface area contributed by atoms with Gasteiger partial charge in [-0.25, -0.2) is 13.9 Å². The third kappa shape index (κ3) is 3.58. The first-order valence-electron chi connectivity index (χ1n) is 11.5. The summed E-state index contributed by atoms with van der Waals surface area (Å²) in [7, 11) is 1.80. The fraction of sp³-hybridized carbons (Fsp3) is 0.240. The number of hydrogen-bond donors (Lipinski definition) is 2. The van der Waals surface area contributed by atoms with E-state index in [9.17, 15) is 14.0 Å². The minimum atomic E-state index is -0.539. The lowest BCUT2D eigenvalue weighted by atomic mass is 10.0. The third-order valence-corrected chi connectivity index (χ3v) is 6.43. The number of aldehydes is 1. The highest BCUT2D eigenvalue weighted by Crippen LogP contribution is 2.40. The van der Waals surface area contributed by atoms with Crippen LogP contribution < -0.4 is 15.5 Å². The third-order valence-electron chi connectivity index (χ3n) is 6.43. The van der Waals surface area contributed by atoms with Crippen LogP contribution in [0.1, 0.15) is 39.3 Å². The normalized spacial score (nSPS) is 14.7. The van der Waals surface area contributed by atoms with E-state index in [1.165, 1.54) is 18.5 Å². The lowest BCUT2D eigenvalue weighted by molar-refractivity contribution is 0.0943. The number of carbonyl (C=O) groups is 2. The molecule has 2 aliphatic rings. The van der Waals surface area contributed by atoms with Gasteiger partial charge in [-0.2, -0.15) is 0 Å². The van der Waals surface area contributed by atoms with E-state index in [1.54, 1.807) is 11.6 Å². The number of hydrogen-bond acceptors (Lipinski definition) is 7. The minimum Gasteiger partial charge on any atom is -0.385 e. The average molecular weight is 471 g/mol. The fourth-order valence-electron chi connectivity index (χ4n) is 4.52. The molecule has 176 valence electrons. The molecule has 9 nitrogen and oxygen atoms in total. The Bertz CT molecular complexity index is 1490. The second-order valence-corrected chi connectivity index (χ2v) is 8.71. The molecule has 1 aliphatic carbocycles. The molecule has 1 saturated carbocycles. The lowest BCUT2D eigenvalue weighted by Crippen LogP contribution is -2.27. The van der Waals surface area contributed by atoms with Crippen LogP contribution in [0, 0.1) is 5.82 Å². The molecule has 3 aromatic heterocycles. The summed E-state index contributed by atoms with van der Waals surface area (Å²) in [6, 6.07) is 8.96. The maximum atomic E-state index is 14.8. The van der Waals surface area contributed by atoms with Crippen LogP contribution in [0.25, 0.3) is 16.9 Å². The van der Waals surface area contributed by atoms with Crippen LogP contribution in [0.15, 0.2) is 42.7 Å². The number of benzene rings is 1. The van der Waals surface area contributed by atoms with Crippen LogP contribution in [0.5, 0.6) is 0 Å². The van der Waals surface area contributed by atoms with E-state index in [1.807, 2.05) is 29.2 Å². The summed E-state index contributed by atoms with van der Waals surface area (Å²) in [5, 5.41) is 10.9. The number of amides is 1. The van der Waals surface area contributed by atoms with Gasteiger partial charge in [0.15, 0.2) is 23.4 Å². The summed E-state index contributed by atoms with van der Waals surface area (Å²) in [4.78, 5) is 34.4. The summed E-state index contributed by atoms with van der Waals surface area (Å²) >= 11 is 0. The summed E-state index contributed by atoms with van der Waals surface area (Å²) < 4.78 is 16.3. The average Bonchev–Trinajstić information content (AvgIpc) is 3.40. The first-order chi connectivity index (χ1) is 17.1. The molecule has 0 unspecified atom stereocenters. The van der Waals surface area contributed by atoms with Crippen molar-refractivity contribution in [1.82, 2.24) is 24.9 Å². The standard InChI is InChI=1S/C25H22FN7O2/c1-27-19-10-22(31-33-21(12-29-24(19)33)25(35)30-15-5-6-15)32-8-7-16-17(3-2-4-20(16)32)23-18(26)9-14(13-34)11-28-23/h2-4,9-13,15,27H,5-8H2,1H3,(H,30,35). The van der Waals surface area contributed by atoms with Gasteiger partial charge in [0.05, 0.1) is 11.9 Å². The van der Waals surface area contributed by atoms with Gasteiger partial charge in [0, 0.05) is 48.7 Å². The molecule has 6 rings (SSSR count). The minimum absolute atomic E-state index is 0.194. The van der Waals surface area contributed by atoms with E-state index in [-0.39, 0.29) is 23.2 Å². The second-order valence-electron chi connectivity index (χ2n) is 8.71. The molecule has 4 heterocycles. The van der Waals surface area contributed by atoms with Crippen molar-refractivity contribution in [3.05, 3.63) is 65.4 Å². The van der Waals surface area contributed by atoms with Crippen LogP contribution in [0.3, 0.4) is 0 Å². The van der Waals surface area contributed by atoms with E-state index >= 15 is 0 Å². The molecule has 0 bridgehead atoms. The topological polar surface area (TPSA) is 105 Å². The van der Waals surface area contributed by atoms with E-state index in [0.29, 0.717) is 42.0 Å². The molecule has 0 saturated heterocycles. The lowest BCUT2D eigenvalue weighted by Gasteiger charge is -2.20. The van der Waals surface area contributed by atoms with Gasteiger partial charge in [-0.3, -0.25) is 14.6 Å². The molecule has 35 heavy (non-hydrogen) atoms. The van der Waals surface area contributed by atoms with Crippen molar-refractivity contribution in [1.29, 1.82) is 0 Å². The van der Waals surface area contributed by atoms with Crippen molar-refractivity contribution in [3.63, 3.8) is 0 Å². The van der Waals surface area contributed by atoms with Crippen molar-refractivity contribution < 1.29 is 14.0 Å². The van der Waals surface area contributed by atoms with Gasteiger partial charge >= 0.3 is 0 Å². The van der Waals surface area contributed by atoms with Crippen molar-refractivity contribution in [2.45, 2.75) is 25.3 Å². The fourth-order valence-corrected chi connectivity index (χ4v) is 4.52. The van der Waals surface area contributed by atoms with Crippen LogP contribution >= 0.6 is 0 Å². The Kier molecular flexibility index (Phi) is 4.94. The largest absolute Gasteiger partial charge is 0.385 e. The predicted molar refractivity (Wildman–Crippen MR) is 129 cm³/mol. The quantitative estimate of drug-likeness (QED) is 0.416. The van der Waals surface area contributed by atoms with E-state index in [4.69, 9.17) is 5.10 Å². The first kappa shape index (κ1) is 21.2. The Morgan fingerprint density at radius 1 is 1.20 bits per heavy atom. The van der Waals surface area contributed by atoms with Gasteiger partial charge in [-0.1, -0.05) is 12.1 Å². The number of fused-ring (bicyclic) bond motifs is 2. The first-order valence-corrected chi connectivity index (χ1v) is 11.5. The van der Waals surface area contributed by atoms with Gasteiger partial charge in [-0.15, -0.1) is 5.10 Å². The molecule has 1 fully saturated rings. The molecule has 0 radical (unpaired) electrons. The summed E-state index contributed by atoms with van der Waals surface area (Å²) in [6.07, 6.45) is 6.13. The van der Waals surface area contributed by atoms with Crippen LogP contribution in [0.2, 0.25) is 0 Å². The second kappa shape index (κ2) is 8.15. The van der Waals surface area contributed by atoms with E-state index in [2.05, 4.69) is 20.6 Å². The number of halogens is 1. The van der Waals surface area contributed by atoms with Crippen molar-refractivity contribution in [2.75, 3.05) is 23.8 Å². The van der Waals surface area contributed by atoms with Gasteiger partial charge in [0.1, 0.15) is 11.5 Å². The summed E-state index contributed by atoms with van der Waals surface area (Å²) in [5.74, 6) is -0.0970. The number of rotatable bonds is 6. The highest BCUT2D eigenvalue weighted by Gasteiger charge is 2.29. The number of nitrogens with zero attached hydrogens (tertiary/aromatic N) is 5. The van der Waals surface area contributed by atoms with Crippen LogP contribution in [-0.4, -0.2) is 51.4 Å². The Morgan fingerprint density at radius 2 is 2.06 bits per heavy atom. The molecule has 0 spiro atoms. The maximum absolute atomic E-state index is 14.8. The molecule has 1 aliphatic heterocycles. The number of nitrogens with one attached hydrogen (secondary N) is 2. The van der Waals surface area contributed by atoms with E-state index in [0.717, 1.165) is 29.8 Å². The zero-order valence-electron chi connectivity index (χ0n) is 19.0. The zero-order chi connectivity index (χ0) is 24.1. The monoisotopic (exact) mass is 471 g/mol. The molecule has 4 aromatic rings. The molecular formula is C25H22FN7O2. The van der Waals surface area contributed by atoms with Gasteiger partial charge in [0.25, 0.3) is 5.91 Å². The summed E-state index contributed by atoms with van der Waals surface area (Å²) in [6.45, 7) is 0.625. The Labute approximate surface area is 200 Å². The molecule has 1 amide bonds. The van der Waals surface area contributed by atoms with Gasteiger partial charge in [0.2, 0.25) is 0 Å². The number of aromatic nitrogens is 4. The molecule has 0 atom stereocenters. The van der Waals surface area contributed by atoms with E-state index < -0.39 is 5.82 Å². The maximum Gasteiger partial charge on any atom is 0.271 e. The summed E-state index contributed by atoms with van der Waals surface area (Å²) in [5.41, 5.74) is 4.60. The number of anilines is 3. The van der Waals surface area contributed by atoms with Crippen molar-refractivity contribution in [2.24, 2.45) is 0 Å². The van der Waals surface area contributed by atoms with Crippen molar-refractivity contribution in [3.8, 4) is 11.3 Å². The SMILES string of the molecule is CNc1cc(N2CCc3c(-c4ncc(C=O)cc4F)cccc32)nn2c(C(=O)NC3CC3)cnc12. The zero-order valence-corrected chi connectivity index (χ0v) is 19.0. The molecule has 1 aromatic carbocycles. The Hall–Kier alpha value is -4.34. The number of imidazole rings is 1. The highest BCUT2D eigenvalue weighted by atomic mass is 19.1. The molecular weight excluding hydrogens is 449 g/mol. The van der Waals surface area contributed by atoms with Gasteiger partial charge < -0.3 is 15.5 Å². The van der Waals surface area contributed by atoms with Gasteiger partial charge in [-0.05, 0) is 37.0 Å². The highest BCUT2D eigenvalue weighted by molar-refractivity contribution is 5.94. The van der Waals surface area contributed by atoms with Crippen LogP contribution in [0.4, 0.5) is 21.6 Å².